The first kappa shape index (κ1) is 2.57. The van der Waals surface area contributed by atoms with Crippen molar-refractivity contribution in [3.8, 4) is 5.75 Å². The predicted octanol–water partition coefficient (Wildman–Crippen LogP) is 2.34. The Morgan fingerprint density at radius 1 is 1.50 bits per heavy atom. The Hall–Kier alpha value is -0.980. The van der Waals surface area contributed by atoms with E-state index in [1.54, 1.807) is 6.92 Å². The van der Waals surface area contributed by atoms with Crippen LogP contribution in [0.2, 0.25) is 0 Å². The van der Waals surface area contributed by atoms with Crippen molar-refractivity contribution in [1.82, 2.24) is 0 Å². The topological polar surface area (TPSA) is 20.2 Å². The van der Waals surface area contributed by atoms with E-state index in [0.717, 1.165) is 0 Å². The Morgan fingerprint density at radius 2 is 2.10 bits per heavy atom. The minimum atomic E-state index is -1.94. The zero-order valence-electron chi connectivity index (χ0n) is 11.7. The van der Waals surface area contributed by atoms with Gasteiger partial charge >= 0.3 is 0 Å². The lowest BCUT2D eigenvalue weighted by atomic mass is 10.1. The van der Waals surface area contributed by atoms with E-state index in [4.69, 9.17) is 8.22 Å². The second kappa shape index (κ2) is 3.25. The minimum absolute atomic E-state index is 0.0361. The Balaban J connectivity index is 3.65. The number of phenolic OH excluding ortho intramolecular Hbond substituents is 1. The Bertz CT molecular complexity index is 399. The van der Waals surface area contributed by atoms with Crippen molar-refractivity contribution in [2.75, 3.05) is 0 Å². The molecular weight excluding hydrogens is 124 g/mol. The minimum Gasteiger partial charge on any atom is -0.508 e. The van der Waals surface area contributed by atoms with Gasteiger partial charge in [0.2, 0.25) is 0 Å². The number of hydrogen-bond acceptors (Lipinski definition) is 1. The second-order valence-corrected chi connectivity index (χ2v) is 1.75. The second-order valence-electron chi connectivity index (χ2n) is 1.75. The molecule has 1 aromatic carbocycles. The third-order valence-corrected chi connectivity index (χ3v) is 0.965. The van der Waals surface area contributed by atoms with E-state index in [-0.39, 0.29) is 12.0 Å². The van der Waals surface area contributed by atoms with Crippen LogP contribution in [0.15, 0.2) is 24.2 Å². The maximum atomic E-state index is 9.29. The molecule has 54 valence electrons. The molecule has 0 aliphatic heterocycles. The molecule has 0 saturated carbocycles. The first-order chi connectivity index (χ1) is 7.24. The monoisotopic (exact) mass is 142 g/mol. The van der Waals surface area contributed by atoms with Crippen molar-refractivity contribution in [3.63, 3.8) is 0 Å². The first-order valence-corrected chi connectivity index (χ1v) is 3.03. The average molecular weight is 142 g/mol. The van der Waals surface area contributed by atoms with E-state index in [1.165, 1.54) is 0 Å². The average Bonchev–Trinajstić information content (AvgIpc) is 2.23. The number of rotatable bonds is 2. The lowest BCUT2D eigenvalue weighted by molar-refractivity contribution is 0.475. The fourth-order valence-corrected chi connectivity index (χ4v) is 0.571. The lowest BCUT2D eigenvalue weighted by Crippen LogP contribution is -1.79. The number of aromatic hydroxyl groups is 1. The summed E-state index contributed by atoms with van der Waals surface area (Å²) in [7, 11) is 0. The van der Waals surface area contributed by atoms with E-state index in [1.807, 2.05) is 0 Å². The summed E-state index contributed by atoms with van der Waals surface area (Å²) in [4.78, 5) is 0. The molecule has 0 heterocycles. The summed E-state index contributed by atoms with van der Waals surface area (Å²) in [5, 5.41) is 9.29. The fourth-order valence-electron chi connectivity index (χ4n) is 0.571. The molecule has 0 saturated heterocycles. The molecule has 0 bridgehead atoms. The van der Waals surface area contributed by atoms with Crippen LogP contribution in [0, 0.1) is 0 Å². The molecule has 0 spiro atoms. The van der Waals surface area contributed by atoms with Crippen LogP contribution in [-0.2, 0) is 6.37 Å². The highest BCUT2D eigenvalue weighted by atomic mass is 16.3. The third-order valence-electron chi connectivity index (χ3n) is 0.965. The Kier molecular flexibility index (Phi) is 0.837. The van der Waals surface area contributed by atoms with Crippen molar-refractivity contribution >= 4 is 0 Å². The van der Waals surface area contributed by atoms with Gasteiger partial charge in [-0.3, -0.25) is 0 Å². The van der Waals surface area contributed by atoms with Gasteiger partial charge in [0.25, 0.3) is 0 Å². The van der Waals surface area contributed by atoms with Crippen molar-refractivity contribution in [2.24, 2.45) is 0 Å². The van der Waals surface area contributed by atoms with E-state index in [2.05, 4.69) is 0 Å². The van der Waals surface area contributed by atoms with Gasteiger partial charge in [-0.05, 0) is 24.0 Å². The van der Waals surface area contributed by atoms with Crippen LogP contribution in [-0.4, -0.2) is 5.11 Å². The SMILES string of the molecule is [2H]c1c([2H])c(C([2H])([2H])CC)c([2H])c([2H])c1O. The summed E-state index contributed by atoms with van der Waals surface area (Å²) >= 11 is 0. The summed E-state index contributed by atoms with van der Waals surface area (Å²) in [5.74, 6) is -0.745. The highest BCUT2D eigenvalue weighted by molar-refractivity contribution is 5.25. The maximum absolute atomic E-state index is 9.29. The molecule has 0 radical (unpaired) electrons. The van der Waals surface area contributed by atoms with E-state index >= 15 is 0 Å². The Labute approximate surface area is 69.8 Å². The molecule has 1 nitrogen and oxygen atoms in total. The summed E-state index contributed by atoms with van der Waals surface area (Å²) in [6.45, 7) is 1.55. The van der Waals surface area contributed by atoms with Crippen LogP contribution >= 0.6 is 0 Å². The molecule has 0 aliphatic carbocycles. The zero-order chi connectivity index (χ0) is 12.7. The van der Waals surface area contributed by atoms with Crippen LogP contribution in [0.4, 0.5) is 0 Å². The van der Waals surface area contributed by atoms with Crippen molar-refractivity contribution in [1.29, 1.82) is 0 Å². The lowest BCUT2D eigenvalue weighted by Gasteiger charge is -1.96. The molecule has 0 fully saturated rings. The summed E-state index contributed by atoms with van der Waals surface area (Å²) in [6, 6.07) is -2.25. The van der Waals surface area contributed by atoms with Gasteiger partial charge in [-0.2, -0.15) is 0 Å². The van der Waals surface area contributed by atoms with Gasteiger partial charge in [-0.25, -0.2) is 0 Å². The molecule has 1 aromatic rings. The quantitative estimate of drug-likeness (QED) is 0.672. The first-order valence-electron chi connectivity index (χ1n) is 6.03. The predicted molar refractivity (Wildman–Crippen MR) is 42.1 cm³/mol. The van der Waals surface area contributed by atoms with E-state index in [0.29, 0.717) is 0 Å². The van der Waals surface area contributed by atoms with E-state index < -0.39 is 36.3 Å². The van der Waals surface area contributed by atoms with Crippen LogP contribution in [0.1, 0.15) is 27.1 Å². The summed E-state index contributed by atoms with van der Waals surface area (Å²) < 4.78 is 45.1. The smallest absolute Gasteiger partial charge is 0.115 e. The molecule has 0 atom stereocenters. The van der Waals surface area contributed by atoms with Gasteiger partial charge in [-0.1, -0.05) is 25.4 Å². The van der Waals surface area contributed by atoms with Gasteiger partial charge < -0.3 is 5.11 Å². The molecule has 0 aliphatic rings. The molecule has 0 aromatic heterocycles. The van der Waals surface area contributed by atoms with Gasteiger partial charge in [-0.15, -0.1) is 0 Å². The standard InChI is InChI=1S/C9H12O/c1-2-3-8-4-6-9(10)7-5-8/h4-7,10H,2-3H2,1H3/i3D2,4D,5D,6D,7D. The molecule has 1 N–H and O–H groups in total. The number of phenols is 1. The van der Waals surface area contributed by atoms with Crippen molar-refractivity contribution < 1.29 is 13.3 Å². The highest BCUT2D eigenvalue weighted by Crippen LogP contribution is 2.10. The normalized spacial score (nSPS) is 19.7. The van der Waals surface area contributed by atoms with Gasteiger partial charge in [0.15, 0.2) is 0 Å². The van der Waals surface area contributed by atoms with Crippen LogP contribution in [0.25, 0.3) is 0 Å². The molecule has 0 amide bonds. The highest BCUT2D eigenvalue weighted by Gasteiger charge is 1.89. The Morgan fingerprint density at radius 3 is 2.60 bits per heavy atom. The summed E-state index contributed by atoms with van der Waals surface area (Å²) in [6.07, 6.45) is -1.90. The van der Waals surface area contributed by atoms with E-state index in [9.17, 15) is 5.11 Å². The van der Waals surface area contributed by atoms with Crippen LogP contribution in [0.5, 0.6) is 5.75 Å². The van der Waals surface area contributed by atoms with Gasteiger partial charge in [0, 0.05) is 2.74 Å². The molecule has 1 rings (SSSR count). The van der Waals surface area contributed by atoms with Crippen molar-refractivity contribution in [3.05, 3.63) is 29.7 Å². The van der Waals surface area contributed by atoms with Gasteiger partial charge in [0.05, 0.1) is 5.48 Å². The van der Waals surface area contributed by atoms with Crippen LogP contribution in [0.3, 0.4) is 0 Å². The summed E-state index contributed by atoms with van der Waals surface area (Å²) in [5.41, 5.74) is -0.303. The number of benzene rings is 1. The molecular formula is C9H12O. The maximum Gasteiger partial charge on any atom is 0.115 e. The molecule has 10 heavy (non-hydrogen) atoms. The van der Waals surface area contributed by atoms with Crippen molar-refractivity contribution in [2.45, 2.75) is 19.7 Å². The zero-order valence-corrected chi connectivity index (χ0v) is 5.65. The third kappa shape index (κ3) is 1.76. The molecule has 0 unspecified atom stereocenters. The van der Waals surface area contributed by atoms with Gasteiger partial charge in [0.1, 0.15) is 5.75 Å². The largest absolute Gasteiger partial charge is 0.508 e. The fraction of sp³-hybridized carbons (Fsp3) is 0.333. The van der Waals surface area contributed by atoms with Crippen LogP contribution < -0.4 is 0 Å². The molecule has 1 heteroatoms. The number of hydrogen-bond donors (Lipinski definition) is 1.